The molecule has 8 aromatic carbocycles. The molecule has 11 rings (SSSR count). The van der Waals surface area contributed by atoms with Crippen molar-refractivity contribution < 1.29 is 0 Å². The first-order chi connectivity index (χ1) is 28.7. The number of aromatic nitrogens is 3. The molecule has 2 heterocycles. The van der Waals surface area contributed by atoms with Crippen LogP contribution in [0.1, 0.15) is 27.8 Å². The van der Waals surface area contributed by atoms with E-state index < -0.39 is 5.41 Å². The predicted octanol–water partition coefficient (Wildman–Crippen LogP) is 12.9. The number of nitrogens with zero attached hydrogens (tertiary/aromatic N) is 4. The van der Waals surface area contributed by atoms with Crippen molar-refractivity contribution in [3.63, 3.8) is 0 Å². The van der Waals surface area contributed by atoms with E-state index in [-0.39, 0.29) is 0 Å². The van der Waals surface area contributed by atoms with Gasteiger partial charge in [0.25, 0.3) is 0 Å². The van der Waals surface area contributed by atoms with Crippen LogP contribution in [0.2, 0.25) is 0 Å². The minimum Gasteiger partial charge on any atom is -0.208 e. The van der Waals surface area contributed by atoms with Crippen molar-refractivity contribution in [1.82, 2.24) is 15.0 Å². The molecule has 0 radical (unpaired) electrons. The van der Waals surface area contributed by atoms with Crippen molar-refractivity contribution in [2.24, 2.45) is 0 Å². The second kappa shape index (κ2) is 13.7. The summed E-state index contributed by atoms with van der Waals surface area (Å²) in [5, 5.41) is 9.64. The Kier molecular flexibility index (Phi) is 7.99. The van der Waals surface area contributed by atoms with E-state index in [1.807, 2.05) is 36.4 Å². The Bertz CT molecular complexity index is 3030. The van der Waals surface area contributed by atoms with Gasteiger partial charge in [-0.3, -0.25) is 0 Å². The molecule has 1 spiro atoms. The maximum absolute atomic E-state index is 9.64. The second-order valence-corrected chi connectivity index (χ2v) is 15.6. The van der Waals surface area contributed by atoms with Crippen LogP contribution in [0.3, 0.4) is 0 Å². The molecule has 58 heavy (non-hydrogen) atoms. The fourth-order valence-electron chi connectivity index (χ4n) is 8.86. The SMILES string of the molecule is N#Cc1ccc(-c2cccc3c2Sc2c(-c4nc(-c5ccccc5)nc(-c5ccc(-c6ccccc6)cc5)n4)cccc2C32c3ccccc3-c3ccccc32)cc1. The molecule has 5 heteroatoms. The monoisotopic (exact) mass is 756 g/mol. The molecule has 2 aliphatic rings. The van der Waals surface area contributed by atoms with Gasteiger partial charge in [0.15, 0.2) is 17.5 Å². The molecule has 9 aromatic rings. The topological polar surface area (TPSA) is 62.5 Å². The predicted molar refractivity (Wildman–Crippen MR) is 233 cm³/mol. The van der Waals surface area contributed by atoms with E-state index in [0.29, 0.717) is 23.0 Å². The van der Waals surface area contributed by atoms with Gasteiger partial charge in [-0.1, -0.05) is 194 Å². The molecule has 0 saturated heterocycles. The summed E-state index contributed by atoms with van der Waals surface area (Å²) in [5.41, 5.74) is 14.7. The Morgan fingerprint density at radius 2 is 0.759 bits per heavy atom. The summed E-state index contributed by atoms with van der Waals surface area (Å²) in [6.45, 7) is 0. The summed E-state index contributed by atoms with van der Waals surface area (Å²) in [4.78, 5) is 17.9. The first-order valence-electron chi connectivity index (χ1n) is 19.3. The van der Waals surface area contributed by atoms with Gasteiger partial charge in [-0.05, 0) is 67.8 Å². The second-order valence-electron chi connectivity index (χ2n) is 14.6. The highest BCUT2D eigenvalue weighted by atomic mass is 32.2. The Balaban J connectivity index is 1.17. The number of benzene rings is 8. The van der Waals surface area contributed by atoms with Crippen LogP contribution in [0.5, 0.6) is 0 Å². The third kappa shape index (κ3) is 5.27. The van der Waals surface area contributed by atoms with Crippen molar-refractivity contribution in [2.45, 2.75) is 15.2 Å². The van der Waals surface area contributed by atoms with Crippen LogP contribution in [-0.4, -0.2) is 15.0 Å². The molecule has 4 nitrogen and oxygen atoms in total. The maximum Gasteiger partial charge on any atom is 0.165 e. The summed E-state index contributed by atoms with van der Waals surface area (Å²) in [6, 6.07) is 70.3. The van der Waals surface area contributed by atoms with E-state index in [2.05, 4.69) is 164 Å². The first-order valence-corrected chi connectivity index (χ1v) is 20.1. The van der Waals surface area contributed by atoms with Gasteiger partial charge in [-0.15, -0.1) is 0 Å². The van der Waals surface area contributed by atoms with Gasteiger partial charge in [-0.25, -0.2) is 15.0 Å². The molecule has 0 amide bonds. The number of rotatable bonds is 5. The Hall–Kier alpha value is -7.39. The molecule has 0 unspecified atom stereocenters. The van der Waals surface area contributed by atoms with Gasteiger partial charge in [0, 0.05) is 26.5 Å². The van der Waals surface area contributed by atoms with Crippen molar-refractivity contribution in [1.29, 1.82) is 5.26 Å². The van der Waals surface area contributed by atoms with Gasteiger partial charge in [0.2, 0.25) is 0 Å². The van der Waals surface area contributed by atoms with Crippen LogP contribution >= 0.6 is 11.8 Å². The zero-order valence-corrected chi connectivity index (χ0v) is 32.0. The molecule has 1 aliphatic heterocycles. The number of nitriles is 1. The quantitative estimate of drug-likeness (QED) is 0.175. The Morgan fingerprint density at radius 3 is 1.36 bits per heavy atom. The number of fused-ring (bicyclic) bond motifs is 9. The van der Waals surface area contributed by atoms with Gasteiger partial charge in [0.1, 0.15) is 0 Å². The summed E-state index contributed by atoms with van der Waals surface area (Å²) >= 11 is 1.78. The van der Waals surface area contributed by atoms with Crippen molar-refractivity contribution in [3.8, 4) is 73.6 Å². The lowest BCUT2D eigenvalue weighted by Gasteiger charge is -2.41. The van der Waals surface area contributed by atoms with Crippen LogP contribution in [0.25, 0.3) is 67.5 Å². The third-order valence-electron chi connectivity index (χ3n) is 11.5. The van der Waals surface area contributed by atoms with Gasteiger partial charge >= 0.3 is 0 Å². The van der Waals surface area contributed by atoms with Crippen LogP contribution < -0.4 is 0 Å². The van der Waals surface area contributed by atoms with E-state index >= 15 is 0 Å². The number of hydrogen-bond acceptors (Lipinski definition) is 5. The molecule has 0 saturated carbocycles. The van der Waals surface area contributed by atoms with Crippen LogP contribution in [-0.2, 0) is 5.41 Å². The molecule has 0 bridgehead atoms. The zero-order valence-electron chi connectivity index (χ0n) is 31.2. The minimum absolute atomic E-state index is 0.604. The van der Waals surface area contributed by atoms with Gasteiger partial charge in [0.05, 0.1) is 17.0 Å². The van der Waals surface area contributed by atoms with Crippen LogP contribution in [0.4, 0.5) is 0 Å². The number of hydrogen-bond donors (Lipinski definition) is 0. The largest absolute Gasteiger partial charge is 0.208 e. The fourth-order valence-corrected chi connectivity index (χ4v) is 10.3. The first kappa shape index (κ1) is 33.9. The average Bonchev–Trinajstić information content (AvgIpc) is 3.60. The van der Waals surface area contributed by atoms with Gasteiger partial charge < -0.3 is 0 Å². The normalized spacial score (nSPS) is 12.9. The fraction of sp³-hybridized carbons (Fsp3) is 0.0189. The van der Waals surface area contributed by atoms with Gasteiger partial charge in [-0.2, -0.15) is 5.26 Å². The lowest BCUT2D eigenvalue weighted by molar-refractivity contribution is 0.723. The highest BCUT2D eigenvalue weighted by Gasteiger charge is 2.51. The summed E-state index contributed by atoms with van der Waals surface area (Å²) in [7, 11) is 0. The molecule has 0 atom stereocenters. The van der Waals surface area contributed by atoms with E-state index in [1.165, 1.54) is 38.3 Å². The Morgan fingerprint density at radius 1 is 0.345 bits per heavy atom. The lowest BCUT2D eigenvalue weighted by Crippen LogP contribution is -2.32. The highest BCUT2D eigenvalue weighted by molar-refractivity contribution is 7.99. The van der Waals surface area contributed by atoms with E-state index in [0.717, 1.165) is 43.8 Å². The average molecular weight is 757 g/mol. The molecule has 1 aliphatic carbocycles. The molecule has 1 aromatic heterocycles. The summed E-state index contributed by atoms with van der Waals surface area (Å²) < 4.78 is 0. The molecule has 0 N–H and O–H groups in total. The highest BCUT2D eigenvalue weighted by Crippen LogP contribution is 2.64. The minimum atomic E-state index is -0.604. The molecular weight excluding hydrogens is 725 g/mol. The van der Waals surface area contributed by atoms with Crippen molar-refractivity contribution >= 4 is 11.8 Å². The molecule has 0 fully saturated rings. The van der Waals surface area contributed by atoms with E-state index in [1.54, 1.807) is 11.8 Å². The zero-order chi connectivity index (χ0) is 38.6. The van der Waals surface area contributed by atoms with E-state index in [9.17, 15) is 5.26 Å². The van der Waals surface area contributed by atoms with Crippen molar-refractivity contribution in [2.75, 3.05) is 0 Å². The van der Waals surface area contributed by atoms with Crippen molar-refractivity contribution in [3.05, 3.63) is 222 Å². The molecular formula is C53H32N4S. The van der Waals surface area contributed by atoms with E-state index in [4.69, 9.17) is 15.0 Å². The Labute approximate surface area is 341 Å². The lowest BCUT2D eigenvalue weighted by atomic mass is 9.66. The summed E-state index contributed by atoms with van der Waals surface area (Å²) in [5.74, 6) is 1.86. The maximum atomic E-state index is 9.64. The standard InChI is InChI=1S/C53H32N4S/c54-33-34-25-27-37(28-26-34)40-19-11-23-46-48(40)58-49-43(20-12-24-47(49)53(46)44-21-9-7-17-41(44)42-18-8-10-22-45(42)53)52-56-50(38-15-5-2-6-16-38)55-51(57-52)39-31-29-36(30-32-39)35-13-3-1-4-14-35/h1-32H. The molecule has 270 valence electrons. The summed E-state index contributed by atoms with van der Waals surface area (Å²) in [6.07, 6.45) is 0. The third-order valence-corrected chi connectivity index (χ3v) is 12.8. The van der Waals surface area contributed by atoms with Crippen LogP contribution in [0, 0.1) is 11.3 Å². The van der Waals surface area contributed by atoms with Crippen LogP contribution in [0.15, 0.2) is 204 Å². The smallest absolute Gasteiger partial charge is 0.165 e.